The van der Waals surface area contributed by atoms with E-state index in [1.54, 1.807) is 0 Å². The predicted molar refractivity (Wildman–Crippen MR) is 134 cm³/mol. The van der Waals surface area contributed by atoms with Crippen molar-refractivity contribution in [2.45, 2.75) is 82.6 Å². The Morgan fingerprint density at radius 3 is 2.60 bits per heavy atom. The van der Waals surface area contributed by atoms with Crippen molar-refractivity contribution in [1.29, 1.82) is 0 Å². The Morgan fingerprint density at radius 2 is 1.86 bits per heavy atom. The van der Waals surface area contributed by atoms with Crippen LogP contribution < -0.4 is 5.32 Å². The molecule has 2 heterocycles. The lowest BCUT2D eigenvalue weighted by Gasteiger charge is -2.49. The van der Waals surface area contributed by atoms with Gasteiger partial charge < -0.3 is 20.3 Å². The molecule has 0 bridgehead atoms. The van der Waals surface area contributed by atoms with E-state index in [2.05, 4.69) is 18.8 Å². The molecule has 190 valence electrons. The minimum absolute atomic E-state index is 0.0314. The second-order valence-electron chi connectivity index (χ2n) is 10.8. The van der Waals surface area contributed by atoms with Crippen molar-refractivity contribution in [3.05, 3.63) is 60.2 Å². The highest BCUT2D eigenvalue weighted by molar-refractivity contribution is 5.92. The van der Waals surface area contributed by atoms with Gasteiger partial charge in [-0.3, -0.25) is 9.59 Å². The first-order valence-corrected chi connectivity index (χ1v) is 13.0. The molecule has 1 aromatic rings. The number of nitrogens with one attached hydrogen (secondary N) is 1. The maximum Gasteiger partial charge on any atom is 0.306 e. The average Bonchev–Trinajstić information content (AvgIpc) is 3.09. The molecule has 2 fully saturated rings. The lowest BCUT2D eigenvalue weighted by atomic mass is 9.59. The molecule has 0 aromatic heterocycles. The van der Waals surface area contributed by atoms with Crippen LogP contribution in [0.5, 0.6) is 0 Å². The number of benzene rings is 1. The molecule has 0 unspecified atom stereocenters. The third kappa shape index (κ3) is 5.10. The monoisotopic (exact) mass is 481 g/mol. The molecule has 3 aliphatic rings. The summed E-state index contributed by atoms with van der Waals surface area (Å²) < 4.78 is 6.14. The predicted octanol–water partition coefficient (Wildman–Crippen LogP) is 3.72. The quantitative estimate of drug-likeness (QED) is 0.442. The van der Waals surface area contributed by atoms with Gasteiger partial charge in [-0.25, -0.2) is 0 Å². The number of hydrogen-bond donors (Lipinski definition) is 3. The molecule has 1 aromatic carbocycles. The zero-order valence-corrected chi connectivity index (χ0v) is 20.9. The number of aliphatic hydroxyl groups is 2. The topological polar surface area (TPSA) is 95.9 Å². The van der Waals surface area contributed by atoms with Crippen molar-refractivity contribution in [3.63, 3.8) is 0 Å². The normalized spacial score (nSPS) is 39.5. The first-order chi connectivity index (χ1) is 16.7. The van der Waals surface area contributed by atoms with E-state index in [4.69, 9.17) is 4.74 Å². The van der Waals surface area contributed by atoms with Crippen LogP contribution in [0.25, 0.3) is 0 Å². The van der Waals surface area contributed by atoms with Gasteiger partial charge in [-0.2, -0.15) is 0 Å². The van der Waals surface area contributed by atoms with Crippen molar-refractivity contribution in [2.75, 3.05) is 0 Å². The third-order valence-corrected chi connectivity index (χ3v) is 8.32. The minimum Gasteiger partial charge on any atom is -0.448 e. The number of rotatable bonds is 2. The van der Waals surface area contributed by atoms with Crippen LogP contribution in [0.2, 0.25) is 0 Å². The highest BCUT2D eigenvalue weighted by Gasteiger charge is 2.67. The molecule has 1 aliphatic carbocycles. The molecule has 1 saturated heterocycles. The van der Waals surface area contributed by atoms with Crippen molar-refractivity contribution in [1.82, 2.24) is 5.32 Å². The van der Waals surface area contributed by atoms with Crippen LogP contribution in [-0.4, -0.2) is 45.9 Å². The van der Waals surface area contributed by atoms with Crippen LogP contribution in [0.15, 0.2) is 54.6 Å². The van der Waals surface area contributed by atoms with Gasteiger partial charge in [-0.05, 0) is 48.7 Å². The molecule has 35 heavy (non-hydrogen) atoms. The van der Waals surface area contributed by atoms with E-state index in [1.807, 2.05) is 49.4 Å². The van der Waals surface area contributed by atoms with Crippen LogP contribution in [0.3, 0.4) is 0 Å². The van der Waals surface area contributed by atoms with Gasteiger partial charge in [0.1, 0.15) is 0 Å². The largest absolute Gasteiger partial charge is 0.448 e. The second kappa shape index (κ2) is 10.7. The van der Waals surface area contributed by atoms with E-state index in [-0.39, 0.29) is 30.2 Å². The summed E-state index contributed by atoms with van der Waals surface area (Å²) in [7, 11) is 0. The van der Waals surface area contributed by atoms with Gasteiger partial charge in [-0.15, -0.1) is 0 Å². The van der Waals surface area contributed by atoms with Crippen LogP contribution >= 0.6 is 0 Å². The molecule has 6 nitrogen and oxygen atoms in total. The fourth-order valence-electron chi connectivity index (χ4n) is 6.30. The van der Waals surface area contributed by atoms with E-state index in [0.717, 1.165) is 24.8 Å². The van der Waals surface area contributed by atoms with E-state index < -0.39 is 29.7 Å². The van der Waals surface area contributed by atoms with Gasteiger partial charge in [0.2, 0.25) is 5.60 Å². The first kappa shape index (κ1) is 25.6. The maximum atomic E-state index is 13.8. The highest BCUT2D eigenvalue weighted by atomic mass is 16.6. The molecule has 0 radical (unpaired) electrons. The first-order valence-electron chi connectivity index (χ1n) is 13.0. The van der Waals surface area contributed by atoms with Gasteiger partial charge in [0.05, 0.1) is 18.1 Å². The molecule has 4 rings (SSSR count). The van der Waals surface area contributed by atoms with E-state index in [0.29, 0.717) is 30.8 Å². The number of carbonyl (C=O) groups is 2. The van der Waals surface area contributed by atoms with Crippen molar-refractivity contribution < 1.29 is 24.5 Å². The smallest absolute Gasteiger partial charge is 0.306 e. The number of allylic oxidation sites excluding steroid dienone is 1. The lowest BCUT2D eigenvalue weighted by molar-refractivity contribution is -0.187. The summed E-state index contributed by atoms with van der Waals surface area (Å²) >= 11 is 0. The van der Waals surface area contributed by atoms with E-state index in [1.165, 1.54) is 0 Å². The summed E-state index contributed by atoms with van der Waals surface area (Å²) in [6, 6.07) is 9.66. The fraction of sp³-hybridized carbons (Fsp3) is 0.586. The van der Waals surface area contributed by atoms with Gasteiger partial charge >= 0.3 is 5.97 Å². The van der Waals surface area contributed by atoms with Gasteiger partial charge in [0.15, 0.2) is 0 Å². The molecule has 1 spiro atoms. The zero-order valence-electron chi connectivity index (χ0n) is 20.9. The summed E-state index contributed by atoms with van der Waals surface area (Å²) in [5, 5.41) is 24.8. The summed E-state index contributed by atoms with van der Waals surface area (Å²) in [4.78, 5) is 26.9. The molecule has 2 aliphatic heterocycles. The Balaban J connectivity index is 1.75. The van der Waals surface area contributed by atoms with Crippen molar-refractivity contribution in [3.8, 4) is 0 Å². The number of carbonyl (C=O) groups excluding carboxylic acids is 2. The Kier molecular flexibility index (Phi) is 7.82. The Bertz CT molecular complexity index is 959. The summed E-state index contributed by atoms with van der Waals surface area (Å²) in [5.41, 5.74) is 0.219. The van der Waals surface area contributed by atoms with Gasteiger partial charge in [0.25, 0.3) is 5.91 Å². The number of aliphatic hydroxyl groups excluding tert-OH is 2. The molecule has 6 heteroatoms. The minimum atomic E-state index is -1.52. The molecular weight excluding hydrogens is 442 g/mol. The Labute approximate surface area is 208 Å². The highest BCUT2D eigenvalue weighted by Crippen LogP contribution is 2.52. The van der Waals surface area contributed by atoms with E-state index >= 15 is 0 Å². The fourth-order valence-corrected chi connectivity index (χ4v) is 6.30. The van der Waals surface area contributed by atoms with Crippen LogP contribution in [0.4, 0.5) is 0 Å². The summed E-state index contributed by atoms with van der Waals surface area (Å²) in [6.07, 6.45) is 6.53. The third-order valence-electron chi connectivity index (χ3n) is 8.32. The zero-order chi connectivity index (χ0) is 25.2. The molecule has 1 saturated carbocycles. The Morgan fingerprint density at radius 1 is 1.11 bits per heavy atom. The SMILES string of the molecule is C=C1[C@@H](C)[C@H]2[C@@H](Cc3ccccc3)NC(=O)[C@@]23OC(=O)CC[C@@H](O)CCC[C@@H](C)C/C=C\[C@H]3[C@H]1O. The number of hydrogen-bond acceptors (Lipinski definition) is 5. The van der Waals surface area contributed by atoms with E-state index in [9.17, 15) is 19.8 Å². The standard InChI is InChI=1S/C29H39NO5/c1-18-9-7-13-22(31)15-16-25(32)35-29-23(14-8-10-18)27(33)20(3)19(2)26(29)24(30-28(29)34)17-21-11-5-4-6-12-21/h4-6,8,11-12,14,18-19,22-24,26-27,31,33H,3,7,9-10,13,15-17H2,1-2H3,(H,30,34)/b14-8-/t18-,19-,22+,23+,24-,26+,27+,29+/m1/s1. The maximum absolute atomic E-state index is 13.8. The van der Waals surface area contributed by atoms with Gasteiger partial charge in [0, 0.05) is 18.4 Å². The number of esters is 1. The summed E-state index contributed by atoms with van der Waals surface area (Å²) in [6.45, 7) is 8.32. The van der Waals surface area contributed by atoms with Crippen LogP contribution in [-0.2, 0) is 20.7 Å². The van der Waals surface area contributed by atoms with Crippen molar-refractivity contribution >= 4 is 11.9 Å². The van der Waals surface area contributed by atoms with Crippen LogP contribution in [0.1, 0.15) is 57.9 Å². The average molecular weight is 482 g/mol. The number of amides is 1. The lowest BCUT2D eigenvalue weighted by Crippen LogP contribution is -2.61. The summed E-state index contributed by atoms with van der Waals surface area (Å²) in [5.74, 6) is -1.80. The second-order valence-corrected chi connectivity index (χ2v) is 10.8. The Hall–Kier alpha value is -2.44. The molecular formula is C29H39NO5. The van der Waals surface area contributed by atoms with Crippen LogP contribution in [0, 0.1) is 23.7 Å². The van der Waals surface area contributed by atoms with Gasteiger partial charge in [-0.1, -0.05) is 75.8 Å². The van der Waals surface area contributed by atoms with Crippen molar-refractivity contribution in [2.24, 2.45) is 23.7 Å². The molecule has 1 amide bonds. The number of ether oxygens (including phenoxy) is 1. The molecule has 3 N–H and O–H groups in total. The molecule has 8 atom stereocenters.